The molecule has 11 heteroatoms. The number of fused-ring (bicyclic) bond motifs is 1. The first-order valence-corrected chi connectivity index (χ1v) is 12.4. The smallest absolute Gasteiger partial charge is 0.326 e. The number of carboxylic acids is 1. The number of nitrogens with zero attached hydrogens (tertiary/aromatic N) is 2. The lowest BCUT2D eigenvalue weighted by molar-refractivity contribution is -0.139. The second-order valence-corrected chi connectivity index (χ2v) is 9.30. The number of hydrogen-bond donors (Lipinski definition) is 3. The number of aryl methyl sites for hydroxylation is 2. The van der Waals surface area contributed by atoms with Crippen LogP contribution in [0.15, 0.2) is 48.8 Å². The average molecular weight is 564 g/mol. The molecule has 0 aliphatic carbocycles. The zero-order chi connectivity index (χ0) is 25.5. The lowest BCUT2D eigenvalue weighted by Gasteiger charge is -2.17. The van der Waals surface area contributed by atoms with Gasteiger partial charge in [-0.2, -0.15) is 13.5 Å². The van der Waals surface area contributed by atoms with Gasteiger partial charge in [-0.3, -0.25) is 9.78 Å². The number of benzene rings is 1. The van der Waals surface area contributed by atoms with Crippen molar-refractivity contribution in [2.24, 2.45) is 0 Å². The number of aliphatic carboxylic acids is 1. The van der Waals surface area contributed by atoms with Gasteiger partial charge < -0.3 is 20.5 Å². The molecule has 1 aromatic carbocycles. The molecule has 0 unspecified atom stereocenters. The third kappa shape index (κ3) is 7.74. The van der Waals surface area contributed by atoms with E-state index in [1.54, 1.807) is 24.3 Å². The second-order valence-electron chi connectivity index (χ2n) is 8.48. The van der Waals surface area contributed by atoms with E-state index >= 15 is 0 Å². The minimum atomic E-state index is -1.17. The summed E-state index contributed by atoms with van der Waals surface area (Å²) in [6.45, 7) is 1.50. The number of aromatic nitrogens is 2. The number of ether oxygens (including phenoxy) is 1. The lowest BCUT2D eigenvalue weighted by atomic mass is 10.1. The van der Waals surface area contributed by atoms with E-state index in [1.165, 1.54) is 18.0 Å². The van der Waals surface area contributed by atoms with Gasteiger partial charge in [-0.1, -0.05) is 41.4 Å². The fourth-order valence-corrected chi connectivity index (χ4v) is 4.50. The van der Waals surface area contributed by atoms with E-state index in [2.05, 4.69) is 27.8 Å². The fourth-order valence-electron chi connectivity index (χ4n) is 3.97. The lowest BCUT2D eigenvalue weighted by Crippen LogP contribution is -2.42. The highest BCUT2D eigenvalue weighted by molar-refractivity contribution is 7.59. The molecular formula is C26H28Cl2N4O4S. The molecule has 0 spiro atoms. The van der Waals surface area contributed by atoms with Gasteiger partial charge in [0.15, 0.2) is 0 Å². The topological polar surface area (TPSA) is 113 Å². The molecule has 3 aromatic rings. The zero-order valence-electron chi connectivity index (χ0n) is 20.0. The van der Waals surface area contributed by atoms with Gasteiger partial charge >= 0.3 is 5.97 Å². The first-order chi connectivity index (χ1) is 17.4. The number of amides is 1. The van der Waals surface area contributed by atoms with E-state index < -0.39 is 17.9 Å². The number of halogens is 2. The molecule has 8 nitrogen and oxygen atoms in total. The summed E-state index contributed by atoms with van der Waals surface area (Å²) in [5.41, 5.74) is 3.03. The Kier molecular flexibility index (Phi) is 10.4. The summed E-state index contributed by atoms with van der Waals surface area (Å²) in [7, 11) is 0. The van der Waals surface area contributed by atoms with Crippen LogP contribution in [0.5, 0.6) is 5.75 Å². The minimum absolute atomic E-state index is 0. The largest absolute Gasteiger partial charge is 0.494 e. The average Bonchev–Trinajstić information content (AvgIpc) is 2.87. The molecule has 1 aliphatic rings. The number of carbonyl (C=O) groups excluding carboxylic acids is 1. The van der Waals surface area contributed by atoms with Gasteiger partial charge in [-0.25, -0.2) is 9.78 Å². The molecule has 1 atom stereocenters. The Morgan fingerprint density at radius 2 is 1.84 bits per heavy atom. The highest BCUT2D eigenvalue weighted by Crippen LogP contribution is 2.23. The number of pyridine rings is 2. The molecule has 2 aromatic heterocycles. The van der Waals surface area contributed by atoms with Crippen LogP contribution in [0.3, 0.4) is 0 Å². The summed E-state index contributed by atoms with van der Waals surface area (Å²) < 4.78 is 5.83. The van der Waals surface area contributed by atoms with Crippen molar-refractivity contribution >= 4 is 54.4 Å². The van der Waals surface area contributed by atoms with Crippen LogP contribution in [0, 0.1) is 0 Å². The maximum atomic E-state index is 12.6. The number of nitrogens with one attached hydrogen (secondary N) is 2. The van der Waals surface area contributed by atoms with Gasteiger partial charge in [0, 0.05) is 31.1 Å². The molecule has 1 amide bonds. The number of carboxylic acid groups (broad SMARTS) is 1. The van der Waals surface area contributed by atoms with Crippen molar-refractivity contribution in [3.8, 4) is 5.75 Å². The first kappa shape index (κ1) is 28.6. The number of rotatable bonds is 10. The predicted molar refractivity (Wildman–Crippen MR) is 149 cm³/mol. The molecule has 3 N–H and O–H groups in total. The van der Waals surface area contributed by atoms with Gasteiger partial charge in [0.05, 0.1) is 22.2 Å². The molecule has 4 rings (SSSR count). The standard InChI is InChI=1S/C26H26Cl2N4O4.H2S/c27-20-14-29-15-21(28)23(20)25(33)32-22(26(34)35)13-16-5-9-19(10-6-16)36-12-2-4-18-8-7-17-3-1-11-30-24(17)31-18;/h5-10,14-15,22H,1-4,11-13H2,(H,30,31)(H,32,33)(H,34,35);1H2/t22-;/m0./s1. The maximum Gasteiger partial charge on any atom is 0.326 e. The second kappa shape index (κ2) is 13.5. The molecule has 0 bridgehead atoms. The Labute approximate surface area is 232 Å². The SMILES string of the molecule is O=C(N[C@@H](Cc1ccc(OCCCc2ccc3c(n2)NCCC3)cc1)C(=O)O)c1c(Cl)cncc1Cl.S. The van der Waals surface area contributed by atoms with Crippen LogP contribution in [0.1, 0.15) is 40.0 Å². The summed E-state index contributed by atoms with van der Waals surface area (Å²) in [6, 6.07) is 10.2. The predicted octanol–water partition coefficient (Wildman–Crippen LogP) is 4.69. The number of carbonyl (C=O) groups is 2. The van der Waals surface area contributed by atoms with Crippen LogP contribution in [0.25, 0.3) is 0 Å². The zero-order valence-corrected chi connectivity index (χ0v) is 22.5. The van der Waals surface area contributed by atoms with Gasteiger partial charge in [-0.15, -0.1) is 0 Å². The summed E-state index contributed by atoms with van der Waals surface area (Å²) in [6.07, 6.45) is 6.48. The van der Waals surface area contributed by atoms with Crippen LogP contribution < -0.4 is 15.4 Å². The van der Waals surface area contributed by atoms with E-state index in [4.69, 9.17) is 32.9 Å². The monoisotopic (exact) mass is 562 g/mol. The quantitative estimate of drug-likeness (QED) is 0.307. The van der Waals surface area contributed by atoms with E-state index in [0.29, 0.717) is 12.4 Å². The molecule has 3 heterocycles. The van der Waals surface area contributed by atoms with E-state index in [-0.39, 0.29) is 35.5 Å². The van der Waals surface area contributed by atoms with Crippen molar-refractivity contribution in [3.63, 3.8) is 0 Å². The molecule has 1 aliphatic heterocycles. The highest BCUT2D eigenvalue weighted by Gasteiger charge is 2.24. The number of hydrogen-bond acceptors (Lipinski definition) is 6. The molecule has 0 fully saturated rings. The van der Waals surface area contributed by atoms with Crippen LogP contribution in [-0.2, 0) is 24.1 Å². The highest BCUT2D eigenvalue weighted by atomic mass is 35.5. The summed E-state index contributed by atoms with van der Waals surface area (Å²) in [5, 5.41) is 15.5. The Bertz CT molecular complexity index is 1220. The molecule has 0 saturated heterocycles. The Morgan fingerprint density at radius 3 is 2.54 bits per heavy atom. The van der Waals surface area contributed by atoms with Gasteiger partial charge in [-0.05, 0) is 55.0 Å². The van der Waals surface area contributed by atoms with E-state index in [1.807, 2.05) is 0 Å². The third-order valence-corrected chi connectivity index (χ3v) is 6.42. The van der Waals surface area contributed by atoms with Crippen molar-refractivity contribution in [3.05, 3.63) is 81.2 Å². The molecule has 0 saturated carbocycles. The van der Waals surface area contributed by atoms with E-state index in [9.17, 15) is 14.7 Å². The van der Waals surface area contributed by atoms with Gasteiger partial charge in [0.2, 0.25) is 0 Å². The summed E-state index contributed by atoms with van der Waals surface area (Å²) in [5.74, 6) is -0.164. The Morgan fingerprint density at radius 1 is 1.11 bits per heavy atom. The van der Waals surface area contributed by atoms with Crippen LogP contribution in [-0.4, -0.2) is 46.1 Å². The fraction of sp³-hybridized carbons (Fsp3) is 0.308. The van der Waals surface area contributed by atoms with Gasteiger partial charge in [0.25, 0.3) is 5.91 Å². The van der Waals surface area contributed by atoms with E-state index in [0.717, 1.165) is 49.3 Å². The summed E-state index contributed by atoms with van der Waals surface area (Å²) >= 11 is 12.0. The maximum absolute atomic E-state index is 12.6. The van der Waals surface area contributed by atoms with Crippen molar-refractivity contribution in [2.75, 3.05) is 18.5 Å². The molecule has 0 radical (unpaired) electrons. The van der Waals surface area contributed by atoms with Crippen LogP contribution in [0.2, 0.25) is 10.0 Å². The van der Waals surface area contributed by atoms with Crippen molar-refractivity contribution in [1.29, 1.82) is 0 Å². The normalized spacial score (nSPS) is 12.9. The van der Waals surface area contributed by atoms with Crippen molar-refractivity contribution in [2.45, 2.75) is 38.1 Å². The third-order valence-electron chi connectivity index (χ3n) is 5.84. The van der Waals surface area contributed by atoms with Gasteiger partial charge in [0.1, 0.15) is 17.6 Å². The Hall–Kier alpha value is -3.01. The Balaban J connectivity index is 0.00000380. The number of anilines is 1. The van der Waals surface area contributed by atoms with Crippen molar-refractivity contribution in [1.82, 2.24) is 15.3 Å². The first-order valence-electron chi connectivity index (χ1n) is 11.7. The molecular weight excluding hydrogens is 535 g/mol. The molecule has 37 heavy (non-hydrogen) atoms. The minimum Gasteiger partial charge on any atom is -0.494 e. The van der Waals surface area contributed by atoms with Crippen LogP contribution >= 0.6 is 36.7 Å². The molecule has 196 valence electrons. The van der Waals surface area contributed by atoms with Crippen LogP contribution in [0.4, 0.5) is 5.82 Å². The summed E-state index contributed by atoms with van der Waals surface area (Å²) in [4.78, 5) is 32.8. The van der Waals surface area contributed by atoms with Crippen molar-refractivity contribution < 1.29 is 19.4 Å².